The molecule has 1 heterocycles. The van der Waals surface area contributed by atoms with Crippen molar-refractivity contribution in [2.24, 2.45) is 0 Å². The molecule has 2 rings (SSSR count). The number of aryl methyl sites for hydroxylation is 1. The molecule has 0 spiro atoms. The molecule has 1 aromatic carbocycles. The van der Waals surface area contributed by atoms with Crippen molar-refractivity contribution in [3.05, 3.63) is 34.6 Å². The molecule has 0 saturated carbocycles. The monoisotopic (exact) mass is 294 g/mol. The van der Waals surface area contributed by atoms with Gasteiger partial charge in [-0.05, 0) is 25.1 Å². The van der Waals surface area contributed by atoms with E-state index in [-0.39, 0.29) is 16.0 Å². The van der Waals surface area contributed by atoms with Gasteiger partial charge in [0.05, 0.1) is 10.6 Å². The van der Waals surface area contributed by atoms with Crippen LogP contribution in [0.3, 0.4) is 0 Å². The van der Waals surface area contributed by atoms with Gasteiger partial charge in [0, 0.05) is 11.5 Å². The predicted molar refractivity (Wildman–Crippen MR) is 61.2 cm³/mol. The molecule has 0 aliphatic heterocycles. The van der Waals surface area contributed by atoms with Gasteiger partial charge < -0.3 is 4.74 Å². The average molecular weight is 295 g/mol. The Labute approximate surface area is 109 Å². The quantitative estimate of drug-likeness (QED) is 0.828. The second-order valence-electron chi connectivity index (χ2n) is 3.35. The zero-order chi connectivity index (χ0) is 13.3. The van der Waals surface area contributed by atoms with Gasteiger partial charge in [-0.25, -0.2) is 0 Å². The van der Waals surface area contributed by atoms with Crippen LogP contribution >= 0.6 is 23.1 Å². The molecule has 8 heteroatoms. The summed E-state index contributed by atoms with van der Waals surface area (Å²) < 4.78 is 46.6. The Morgan fingerprint density at radius 2 is 2.06 bits per heavy atom. The Morgan fingerprint density at radius 3 is 2.61 bits per heavy atom. The van der Waals surface area contributed by atoms with Crippen molar-refractivity contribution < 1.29 is 17.9 Å². The standard InChI is InChI=1S/C10H6ClF3N2OS/c1-5-15-9(18-16-5)17-8-4-6(10(12,13)14)2-3-7(8)11/h2-4H,1H3. The fourth-order valence-corrected chi connectivity index (χ4v) is 1.88. The van der Waals surface area contributed by atoms with E-state index < -0.39 is 11.7 Å². The molecule has 2 aromatic rings. The van der Waals surface area contributed by atoms with Crippen LogP contribution in [0.5, 0.6) is 10.9 Å². The van der Waals surface area contributed by atoms with Crippen molar-refractivity contribution in [1.82, 2.24) is 9.36 Å². The lowest BCUT2D eigenvalue weighted by Crippen LogP contribution is -2.04. The van der Waals surface area contributed by atoms with E-state index in [9.17, 15) is 13.2 Å². The highest BCUT2D eigenvalue weighted by Gasteiger charge is 2.31. The average Bonchev–Trinajstić information content (AvgIpc) is 2.66. The van der Waals surface area contributed by atoms with Crippen molar-refractivity contribution in [2.75, 3.05) is 0 Å². The van der Waals surface area contributed by atoms with Gasteiger partial charge in [0.1, 0.15) is 11.6 Å². The van der Waals surface area contributed by atoms with E-state index in [1.165, 1.54) is 0 Å². The first-order chi connectivity index (χ1) is 8.36. The number of hydrogen-bond acceptors (Lipinski definition) is 4. The molecule has 18 heavy (non-hydrogen) atoms. The molecule has 0 fully saturated rings. The van der Waals surface area contributed by atoms with Crippen LogP contribution in [0.25, 0.3) is 0 Å². The smallest absolute Gasteiger partial charge is 0.416 e. The fraction of sp³-hybridized carbons (Fsp3) is 0.200. The van der Waals surface area contributed by atoms with Crippen LogP contribution in [0.2, 0.25) is 5.02 Å². The van der Waals surface area contributed by atoms with Crippen molar-refractivity contribution in [2.45, 2.75) is 13.1 Å². The third-order valence-corrected chi connectivity index (χ3v) is 2.96. The third kappa shape index (κ3) is 2.91. The minimum absolute atomic E-state index is 0.0795. The molecular weight excluding hydrogens is 289 g/mol. The van der Waals surface area contributed by atoms with Crippen LogP contribution in [-0.2, 0) is 6.18 Å². The second kappa shape index (κ2) is 4.74. The number of ether oxygens (including phenoxy) is 1. The molecule has 0 amide bonds. The number of hydrogen-bond donors (Lipinski definition) is 0. The van der Waals surface area contributed by atoms with Crippen LogP contribution in [0.4, 0.5) is 13.2 Å². The molecular formula is C10H6ClF3N2OS. The number of alkyl halides is 3. The van der Waals surface area contributed by atoms with Crippen molar-refractivity contribution in [3.63, 3.8) is 0 Å². The SMILES string of the molecule is Cc1nsc(Oc2cc(C(F)(F)F)ccc2Cl)n1. The highest BCUT2D eigenvalue weighted by Crippen LogP contribution is 2.36. The van der Waals surface area contributed by atoms with Gasteiger partial charge in [-0.3, -0.25) is 0 Å². The fourth-order valence-electron chi connectivity index (χ4n) is 1.17. The van der Waals surface area contributed by atoms with Crippen molar-refractivity contribution >= 4 is 23.1 Å². The first kappa shape index (κ1) is 13.1. The molecule has 0 unspecified atom stereocenters. The summed E-state index contributed by atoms with van der Waals surface area (Å²) in [6.45, 7) is 1.65. The van der Waals surface area contributed by atoms with Crippen LogP contribution in [0.1, 0.15) is 11.4 Å². The highest BCUT2D eigenvalue weighted by atomic mass is 35.5. The summed E-state index contributed by atoms with van der Waals surface area (Å²) in [7, 11) is 0. The topological polar surface area (TPSA) is 35.0 Å². The van der Waals surface area contributed by atoms with Crippen molar-refractivity contribution in [1.29, 1.82) is 0 Å². The minimum Gasteiger partial charge on any atom is -0.428 e. The summed E-state index contributed by atoms with van der Waals surface area (Å²) >= 11 is 6.71. The highest BCUT2D eigenvalue weighted by molar-refractivity contribution is 7.07. The summed E-state index contributed by atoms with van der Waals surface area (Å²) in [4.78, 5) is 3.88. The zero-order valence-electron chi connectivity index (χ0n) is 8.95. The van der Waals surface area contributed by atoms with Gasteiger partial charge in [-0.1, -0.05) is 11.6 Å². The van der Waals surface area contributed by atoms with Gasteiger partial charge in [0.25, 0.3) is 5.19 Å². The normalized spacial score (nSPS) is 11.6. The summed E-state index contributed by atoms with van der Waals surface area (Å²) in [5.41, 5.74) is -0.830. The van der Waals surface area contributed by atoms with Crippen LogP contribution in [0.15, 0.2) is 18.2 Å². The minimum atomic E-state index is -4.44. The van der Waals surface area contributed by atoms with E-state index in [0.717, 1.165) is 29.7 Å². The third-order valence-electron chi connectivity index (χ3n) is 1.96. The van der Waals surface area contributed by atoms with E-state index in [2.05, 4.69) is 9.36 Å². The number of aromatic nitrogens is 2. The Kier molecular flexibility index (Phi) is 3.45. The van der Waals surface area contributed by atoms with Crippen LogP contribution in [0, 0.1) is 6.92 Å². The van der Waals surface area contributed by atoms with Crippen LogP contribution in [-0.4, -0.2) is 9.36 Å². The van der Waals surface area contributed by atoms with E-state index in [0.29, 0.717) is 5.82 Å². The first-order valence-electron chi connectivity index (χ1n) is 4.71. The van der Waals surface area contributed by atoms with Gasteiger partial charge in [0.2, 0.25) is 0 Å². The molecule has 0 aliphatic rings. The number of nitrogens with zero attached hydrogens (tertiary/aromatic N) is 2. The number of benzene rings is 1. The van der Waals surface area contributed by atoms with Crippen molar-refractivity contribution in [3.8, 4) is 10.9 Å². The van der Waals surface area contributed by atoms with E-state index >= 15 is 0 Å². The lowest BCUT2D eigenvalue weighted by Gasteiger charge is -2.09. The van der Waals surface area contributed by atoms with E-state index in [1.807, 2.05) is 0 Å². The van der Waals surface area contributed by atoms with Gasteiger partial charge in [-0.2, -0.15) is 22.5 Å². The van der Waals surface area contributed by atoms with Gasteiger partial charge >= 0.3 is 6.18 Å². The molecule has 0 aliphatic carbocycles. The molecule has 0 atom stereocenters. The van der Waals surface area contributed by atoms with E-state index in [1.54, 1.807) is 6.92 Å². The molecule has 96 valence electrons. The van der Waals surface area contributed by atoms with E-state index in [4.69, 9.17) is 16.3 Å². The van der Waals surface area contributed by atoms with Gasteiger partial charge in [0.15, 0.2) is 0 Å². The number of halogens is 4. The molecule has 0 N–H and O–H groups in total. The maximum atomic E-state index is 12.5. The maximum absolute atomic E-state index is 12.5. The second-order valence-corrected chi connectivity index (χ2v) is 4.47. The maximum Gasteiger partial charge on any atom is 0.416 e. The largest absolute Gasteiger partial charge is 0.428 e. The molecule has 1 aromatic heterocycles. The lowest BCUT2D eigenvalue weighted by atomic mass is 10.2. The molecule has 0 bridgehead atoms. The Morgan fingerprint density at radius 1 is 1.33 bits per heavy atom. The Balaban J connectivity index is 2.32. The summed E-state index contributed by atoms with van der Waals surface area (Å²) in [6, 6.07) is 2.85. The molecule has 3 nitrogen and oxygen atoms in total. The Bertz CT molecular complexity index is 570. The lowest BCUT2D eigenvalue weighted by molar-refractivity contribution is -0.137. The van der Waals surface area contributed by atoms with Crippen LogP contribution < -0.4 is 4.74 Å². The summed E-state index contributed by atoms with van der Waals surface area (Å²) in [6.07, 6.45) is -4.44. The Hall–Kier alpha value is -1.34. The summed E-state index contributed by atoms with van der Waals surface area (Å²) in [5, 5.41) is 0.226. The zero-order valence-corrected chi connectivity index (χ0v) is 10.5. The summed E-state index contributed by atoms with van der Waals surface area (Å²) in [5.74, 6) is 0.390. The number of rotatable bonds is 2. The molecule has 0 radical (unpaired) electrons. The predicted octanol–water partition coefficient (Wildman–Crippen LogP) is 4.31. The van der Waals surface area contributed by atoms with Gasteiger partial charge in [-0.15, -0.1) is 0 Å². The first-order valence-corrected chi connectivity index (χ1v) is 5.86. The molecule has 0 saturated heterocycles.